The second kappa shape index (κ2) is 5.83. The molecule has 0 aliphatic carbocycles. The maximum Gasteiger partial charge on any atom is 0.257 e. The Hall–Kier alpha value is -2.55. The summed E-state index contributed by atoms with van der Waals surface area (Å²) in [4.78, 5) is 17.2. The van der Waals surface area contributed by atoms with E-state index < -0.39 is 0 Å². The number of nitrogens with one attached hydrogen (secondary N) is 2. The highest BCUT2D eigenvalue weighted by Gasteiger charge is 2.12. The first-order valence-electron chi connectivity index (χ1n) is 6.36. The summed E-state index contributed by atoms with van der Waals surface area (Å²) in [7, 11) is 1.76. The molecule has 0 aromatic carbocycles. The molecule has 9 heteroatoms. The molecular weight excluding hydrogens is 288 g/mol. The number of hydrogen-bond acceptors (Lipinski definition) is 8. The molecule has 0 spiro atoms. The molecule has 0 aliphatic heterocycles. The number of aromatic nitrogens is 6. The van der Waals surface area contributed by atoms with Crippen LogP contribution in [-0.4, -0.2) is 36.8 Å². The quantitative estimate of drug-likeness (QED) is 0.741. The van der Waals surface area contributed by atoms with Gasteiger partial charge in [0.25, 0.3) is 5.95 Å². The Labute approximate surface area is 125 Å². The fourth-order valence-electron chi connectivity index (χ4n) is 1.73. The molecule has 3 aromatic rings. The number of anilines is 2. The first-order chi connectivity index (χ1) is 10.3. The summed E-state index contributed by atoms with van der Waals surface area (Å²) in [5, 5.41) is 13.2. The van der Waals surface area contributed by atoms with Gasteiger partial charge in [0, 0.05) is 31.0 Å². The molecule has 0 radical (unpaired) electrons. The minimum Gasteiger partial charge on any atom is -0.357 e. The summed E-state index contributed by atoms with van der Waals surface area (Å²) in [6.07, 6.45) is 5.23. The van der Waals surface area contributed by atoms with Gasteiger partial charge in [0.1, 0.15) is 5.01 Å². The second-order valence-electron chi connectivity index (χ2n) is 4.22. The van der Waals surface area contributed by atoms with Gasteiger partial charge in [-0.05, 0) is 13.0 Å². The third kappa shape index (κ3) is 2.97. The summed E-state index contributed by atoms with van der Waals surface area (Å²) in [6, 6.07) is 1.83. The monoisotopic (exact) mass is 302 g/mol. The van der Waals surface area contributed by atoms with Crippen molar-refractivity contribution in [3.8, 4) is 5.95 Å². The normalized spacial score (nSPS) is 12.1. The van der Waals surface area contributed by atoms with E-state index >= 15 is 0 Å². The minimum absolute atomic E-state index is 0.0163. The number of hydrogen-bond donors (Lipinski definition) is 2. The molecule has 0 amide bonds. The molecule has 1 atom stereocenters. The van der Waals surface area contributed by atoms with Crippen molar-refractivity contribution >= 4 is 23.2 Å². The number of nitrogens with zero attached hydrogens (tertiary/aromatic N) is 6. The van der Waals surface area contributed by atoms with Crippen molar-refractivity contribution in [1.82, 2.24) is 29.7 Å². The second-order valence-corrected chi connectivity index (χ2v) is 5.15. The van der Waals surface area contributed by atoms with E-state index in [2.05, 4.69) is 35.7 Å². The van der Waals surface area contributed by atoms with Crippen molar-refractivity contribution in [2.24, 2.45) is 0 Å². The van der Waals surface area contributed by atoms with Crippen molar-refractivity contribution in [3.63, 3.8) is 0 Å². The van der Waals surface area contributed by atoms with Crippen LogP contribution in [-0.2, 0) is 0 Å². The first kappa shape index (κ1) is 13.4. The van der Waals surface area contributed by atoms with Gasteiger partial charge in [0.05, 0.1) is 6.04 Å². The molecule has 0 fully saturated rings. The fraction of sp³-hybridized carbons (Fsp3) is 0.250. The van der Waals surface area contributed by atoms with Crippen LogP contribution >= 0.6 is 11.3 Å². The van der Waals surface area contributed by atoms with Crippen LogP contribution in [0.25, 0.3) is 5.95 Å². The van der Waals surface area contributed by atoms with Gasteiger partial charge in [-0.3, -0.25) is 0 Å². The van der Waals surface area contributed by atoms with Gasteiger partial charge in [-0.2, -0.15) is 20.1 Å². The summed E-state index contributed by atoms with van der Waals surface area (Å²) in [5.41, 5.74) is 0. The van der Waals surface area contributed by atoms with Crippen LogP contribution in [0.15, 0.2) is 30.0 Å². The van der Waals surface area contributed by atoms with Gasteiger partial charge in [-0.1, -0.05) is 0 Å². The van der Waals surface area contributed by atoms with Crippen LogP contribution in [0.5, 0.6) is 0 Å². The Balaban J connectivity index is 1.89. The van der Waals surface area contributed by atoms with Gasteiger partial charge in [0.2, 0.25) is 11.9 Å². The van der Waals surface area contributed by atoms with E-state index in [1.807, 2.05) is 18.4 Å². The lowest BCUT2D eigenvalue weighted by molar-refractivity contribution is 0.783. The molecule has 1 unspecified atom stereocenters. The van der Waals surface area contributed by atoms with Crippen molar-refractivity contribution in [1.29, 1.82) is 0 Å². The molecule has 8 nitrogen and oxygen atoms in total. The maximum atomic E-state index is 4.38. The highest BCUT2D eigenvalue weighted by atomic mass is 32.1. The predicted octanol–water partition coefficient (Wildman–Crippen LogP) is 1.73. The summed E-state index contributed by atoms with van der Waals surface area (Å²) < 4.78 is 1.59. The topological polar surface area (TPSA) is 93.4 Å². The van der Waals surface area contributed by atoms with Crippen LogP contribution in [0.3, 0.4) is 0 Å². The zero-order chi connectivity index (χ0) is 14.7. The average molecular weight is 302 g/mol. The molecular formula is C12H14N8S. The molecule has 0 saturated carbocycles. The molecule has 108 valence electrons. The Bertz CT molecular complexity index is 694. The van der Waals surface area contributed by atoms with Crippen LogP contribution in [0.1, 0.15) is 18.0 Å². The Morgan fingerprint density at radius 3 is 2.71 bits per heavy atom. The van der Waals surface area contributed by atoms with E-state index in [1.54, 1.807) is 41.7 Å². The van der Waals surface area contributed by atoms with E-state index in [0.29, 0.717) is 17.8 Å². The third-order valence-corrected chi connectivity index (χ3v) is 3.68. The van der Waals surface area contributed by atoms with E-state index in [0.717, 1.165) is 5.01 Å². The molecule has 3 aromatic heterocycles. The molecule has 3 rings (SSSR count). The van der Waals surface area contributed by atoms with Crippen molar-refractivity contribution in [2.75, 3.05) is 17.7 Å². The van der Waals surface area contributed by atoms with Gasteiger partial charge in [-0.25, -0.2) is 9.67 Å². The zero-order valence-electron chi connectivity index (χ0n) is 11.6. The van der Waals surface area contributed by atoms with Gasteiger partial charge < -0.3 is 10.6 Å². The summed E-state index contributed by atoms with van der Waals surface area (Å²) >= 11 is 1.58. The first-order valence-corrected chi connectivity index (χ1v) is 7.24. The number of rotatable bonds is 5. The number of thiazole rings is 1. The van der Waals surface area contributed by atoms with Gasteiger partial charge in [0.15, 0.2) is 0 Å². The average Bonchev–Trinajstić information content (AvgIpc) is 3.19. The fourth-order valence-corrected chi connectivity index (χ4v) is 2.38. The lowest BCUT2D eigenvalue weighted by Gasteiger charge is -2.12. The van der Waals surface area contributed by atoms with E-state index in [-0.39, 0.29) is 6.04 Å². The lowest BCUT2D eigenvalue weighted by atomic mass is 10.4. The third-order valence-electron chi connectivity index (χ3n) is 2.72. The van der Waals surface area contributed by atoms with Crippen LogP contribution in [0.2, 0.25) is 0 Å². The van der Waals surface area contributed by atoms with Crippen molar-refractivity contribution < 1.29 is 0 Å². The molecule has 3 heterocycles. The molecule has 0 saturated heterocycles. The van der Waals surface area contributed by atoms with Gasteiger partial charge in [-0.15, -0.1) is 11.3 Å². The zero-order valence-corrected chi connectivity index (χ0v) is 12.4. The van der Waals surface area contributed by atoms with E-state index in [1.165, 1.54) is 0 Å². The SMILES string of the molecule is CNc1nc(NC(C)c2nccs2)nc(-n2cccn2)n1. The molecule has 2 N–H and O–H groups in total. The standard InChI is InChI=1S/C12H14N8S/c1-8(9-14-5-7-21-9)16-11-17-10(13-2)18-12(19-11)20-6-3-4-15-20/h3-8H,1-2H3,(H2,13,16,17,18,19). The molecule has 0 aliphatic rings. The van der Waals surface area contributed by atoms with Crippen molar-refractivity contribution in [3.05, 3.63) is 35.0 Å². The largest absolute Gasteiger partial charge is 0.357 e. The van der Waals surface area contributed by atoms with Crippen LogP contribution in [0, 0.1) is 0 Å². The maximum absolute atomic E-state index is 4.38. The lowest BCUT2D eigenvalue weighted by Crippen LogP contribution is -2.14. The highest BCUT2D eigenvalue weighted by molar-refractivity contribution is 7.09. The van der Waals surface area contributed by atoms with Gasteiger partial charge >= 0.3 is 0 Å². The smallest absolute Gasteiger partial charge is 0.257 e. The predicted molar refractivity (Wildman–Crippen MR) is 80.6 cm³/mol. The Morgan fingerprint density at radius 2 is 2.05 bits per heavy atom. The summed E-state index contributed by atoms with van der Waals surface area (Å²) in [6.45, 7) is 2.01. The molecule has 0 bridgehead atoms. The Kier molecular flexibility index (Phi) is 3.73. The highest BCUT2D eigenvalue weighted by Crippen LogP contribution is 2.19. The molecule has 21 heavy (non-hydrogen) atoms. The van der Waals surface area contributed by atoms with Crippen LogP contribution < -0.4 is 10.6 Å². The Morgan fingerprint density at radius 1 is 1.19 bits per heavy atom. The van der Waals surface area contributed by atoms with E-state index in [9.17, 15) is 0 Å². The van der Waals surface area contributed by atoms with Crippen LogP contribution in [0.4, 0.5) is 11.9 Å². The minimum atomic E-state index is 0.0163. The summed E-state index contributed by atoms with van der Waals surface area (Å²) in [5.74, 6) is 1.40. The van der Waals surface area contributed by atoms with E-state index in [4.69, 9.17) is 0 Å². The van der Waals surface area contributed by atoms with Crippen molar-refractivity contribution in [2.45, 2.75) is 13.0 Å².